The monoisotopic (exact) mass is 322 g/mol. The van der Waals surface area contributed by atoms with E-state index in [2.05, 4.69) is 4.74 Å². The van der Waals surface area contributed by atoms with Gasteiger partial charge in [-0.2, -0.15) is 0 Å². The fourth-order valence-electron chi connectivity index (χ4n) is 2.17. The summed E-state index contributed by atoms with van der Waals surface area (Å²) in [5, 5.41) is 0.914. The van der Waals surface area contributed by atoms with E-state index in [0.717, 1.165) is 10.1 Å². The zero-order valence-electron chi connectivity index (χ0n) is 13.0. The molecule has 0 aliphatic rings. The standard InChI is InChI=1S/C16H18O5S/c1-9(16(18)21-4)5-11(17)15-7-10-6-12(19-2)13(20-3)8-14(10)22-15/h6-9H,5H2,1-4H3. The summed E-state index contributed by atoms with van der Waals surface area (Å²) >= 11 is 1.38. The summed E-state index contributed by atoms with van der Waals surface area (Å²) in [6, 6.07) is 5.50. The molecule has 6 heteroatoms. The lowest BCUT2D eigenvalue weighted by molar-refractivity contribution is -0.144. The number of carbonyl (C=O) groups is 2. The molecule has 1 aromatic heterocycles. The van der Waals surface area contributed by atoms with Crippen LogP contribution in [0.1, 0.15) is 23.0 Å². The van der Waals surface area contributed by atoms with Crippen LogP contribution in [0.15, 0.2) is 18.2 Å². The molecule has 118 valence electrons. The van der Waals surface area contributed by atoms with Gasteiger partial charge in [-0.25, -0.2) is 0 Å². The lowest BCUT2D eigenvalue weighted by Crippen LogP contribution is -2.16. The third kappa shape index (κ3) is 3.22. The van der Waals surface area contributed by atoms with Crippen LogP contribution in [0.5, 0.6) is 11.5 Å². The van der Waals surface area contributed by atoms with Gasteiger partial charge in [0, 0.05) is 17.2 Å². The van der Waals surface area contributed by atoms with E-state index in [1.54, 1.807) is 21.1 Å². The number of ether oxygens (including phenoxy) is 3. The first-order valence-corrected chi connectivity index (χ1v) is 7.58. The highest BCUT2D eigenvalue weighted by molar-refractivity contribution is 7.20. The maximum absolute atomic E-state index is 12.3. The topological polar surface area (TPSA) is 61.8 Å². The lowest BCUT2D eigenvalue weighted by atomic mass is 10.0. The quantitative estimate of drug-likeness (QED) is 0.603. The van der Waals surface area contributed by atoms with Gasteiger partial charge in [-0.3, -0.25) is 9.59 Å². The minimum absolute atomic E-state index is 0.0722. The number of Topliss-reactive ketones (excluding diaryl/α,β-unsaturated/α-hetero) is 1. The Morgan fingerprint density at radius 3 is 2.32 bits per heavy atom. The van der Waals surface area contributed by atoms with Crippen LogP contribution in [-0.4, -0.2) is 33.1 Å². The van der Waals surface area contributed by atoms with E-state index in [4.69, 9.17) is 9.47 Å². The van der Waals surface area contributed by atoms with Gasteiger partial charge in [0.15, 0.2) is 17.3 Å². The molecule has 1 aromatic carbocycles. The molecule has 5 nitrogen and oxygen atoms in total. The Morgan fingerprint density at radius 2 is 1.73 bits per heavy atom. The zero-order valence-corrected chi connectivity index (χ0v) is 13.8. The van der Waals surface area contributed by atoms with Crippen molar-refractivity contribution in [1.29, 1.82) is 0 Å². The van der Waals surface area contributed by atoms with Gasteiger partial charge >= 0.3 is 5.97 Å². The molecule has 0 saturated heterocycles. The highest BCUT2D eigenvalue weighted by atomic mass is 32.1. The van der Waals surface area contributed by atoms with Crippen LogP contribution in [-0.2, 0) is 9.53 Å². The van der Waals surface area contributed by atoms with Gasteiger partial charge in [0.2, 0.25) is 0 Å². The molecule has 0 spiro atoms. The Kier molecular flexibility index (Phi) is 5.03. The molecule has 1 atom stereocenters. The Hall–Kier alpha value is -2.08. The number of rotatable bonds is 6. The lowest BCUT2D eigenvalue weighted by Gasteiger charge is -2.06. The van der Waals surface area contributed by atoms with E-state index in [-0.39, 0.29) is 18.2 Å². The number of benzene rings is 1. The molecule has 0 aliphatic heterocycles. The van der Waals surface area contributed by atoms with Crippen LogP contribution in [0.3, 0.4) is 0 Å². The highest BCUT2D eigenvalue weighted by Crippen LogP contribution is 2.36. The molecule has 2 rings (SSSR count). The zero-order chi connectivity index (χ0) is 16.3. The number of ketones is 1. The summed E-state index contributed by atoms with van der Waals surface area (Å²) in [5.74, 6) is 0.343. The van der Waals surface area contributed by atoms with E-state index in [0.29, 0.717) is 16.4 Å². The second-order valence-electron chi connectivity index (χ2n) is 4.91. The number of fused-ring (bicyclic) bond motifs is 1. The van der Waals surface area contributed by atoms with Crippen molar-refractivity contribution in [1.82, 2.24) is 0 Å². The molecular formula is C16H18O5S. The maximum atomic E-state index is 12.3. The maximum Gasteiger partial charge on any atom is 0.308 e. The SMILES string of the molecule is COC(=O)C(C)CC(=O)c1cc2cc(OC)c(OC)cc2s1. The van der Waals surface area contributed by atoms with Crippen molar-refractivity contribution in [2.45, 2.75) is 13.3 Å². The van der Waals surface area contributed by atoms with Crippen molar-refractivity contribution in [3.63, 3.8) is 0 Å². The van der Waals surface area contributed by atoms with Gasteiger partial charge in [0.25, 0.3) is 0 Å². The van der Waals surface area contributed by atoms with Crippen LogP contribution in [0.2, 0.25) is 0 Å². The van der Waals surface area contributed by atoms with Crippen molar-refractivity contribution in [3.05, 3.63) is 23.1 Å². The van der Waals surface area contributed by atoms with Crippen molar-refractivity contribution in [2.24, 2.45) is 5.92 Å². The van der Waals surface area contributed by atoms with Gasteiger partial charge in [-0.05, 0) is 17.5 Å². The molecule has 1 unspecified atom stereocenters. The highest BCUT2D eigenvalue weighted by Gasteiger charge is 2.20. The van der Waals surface area contributed by atoms with Crippen molar-refractivity contribution in [3.8, 4) is 11.5 Å². The molecule has 0 bridgehead atoms. The molecule has 0 radical (unpaired) electrons. The van der Waals surface area contributed by atoms with E-state index in [9.17, 15) is 9.59 Å². The summed E-state index contributed by atoms with van der Waals surface area (Å²) in [7, 11) is 4.46. The van der Waals surface area contributed by atoms with Gasteiger partial charge in [0.1, 0.15) is 0 Å². The molecule has 22 heavy (non-hydrogen) atoms. The van der Waals surface area contributed by atoms with Gasteiger partial charge in [-0.15, -0.1) is 11.3 Å². The molecule has 1 heterocycles. The summed E-state index contributed by atoms with van der Waals surface area (Å²) in [4.78, 5) is 24.3. The first-order chi connectivity index (χ1) is 10.5. The van der Waals surface area contributed by atoms with Gasteiger partial charge in [0.05, 0.1) is 32.1 Å². The smallest absolute Gasteiger partial charge is 0.308 e. The first kappa shape index (κ1) is 16.3. The van der Waals surface area contributed by atoms with E-state index in [1.165, 1.54) is 18.4 Å². The molecule has 0 amide bonds. The fraction of sp³-hybridized carbons (Fsp3) is 0.375. The summed E-state index contributed by atoms with van der Waals surface area (Å²) in [5.41, 5.74) is 0. The van der Waals surface area contributed by atoms with Crippen LogP contribution in [0.4, 0.5) is 0 Å². The molecule has 0 saturated carbocycles. The van der Waals surface area contributed by atoms with Crippen molar-refractivity contribution < 1.29 is 23.8 Å². The second-order valence-corrected chi connectivity index (χ2v) is 5.99. The summed E-state index contributed by atoms with van der Waals surface area (Å²) in [6.45, 7) is 1.68. The number of hydrogen-bond acceptors (Lipinski definition) is 6. The summed E-state index contributed by atoms with van der Waals surface area (Å²) < 4.78 is 16.1. The third-order valence-electron chi connectivity index (χ3n) is 3.39. The Morgan fingerprint density at radius 1 is 1.09 bits per heavy atom. The predicted molar refractivity (Wildman–Crippen MR) is 85.1 cm³/mol. The van der Waals surface area contributed by atoms with Crippen LogP contribution in [0, 0.1) is 5.92 Å². The summed E-state index contributed by atoms with van der Waals surface area (Å²) in [6.07, 6.45) is 0.133. The number of carbonyl (C=O) groups excluding carboxylic acids is 2. The van der Waals surface area contributed by atoms with E-state index >= 15 is 0 Å². The van der Waals surface area contributed by atoms with E-state index in [1.807, 2.05) is 18.2 Å². The molecule has 0 fully saturated rings. The fourth-order valence-corrected chi connectivity index (χ4v) is 3.19. The van der Waals surface area contributed by atoms with Crippen LogP contribution >= 0.6 is 11.3 Å². The van der Waals surface area contributed by atoms with E-state index < -0.39 is 5.92 Å². The minimum atomic E-state index is -0.452. The number of hydrogen-bond donors (Lipinski definition) is 0. The number of thiophene rings is 1. The Bertz CT molecular complexity index is 663. The molecule has 0 aliphatic carbocycles. The van der Waals surface area contributed by atoms with Crippen molar-refractivity contribution in [2.75, 3.05) is 21.3 Å². The number of methoxy groups -OCH3 is 3. The average molecular weight is 322 g/mol. The minimum Gasteiger partial charge on any atom is -0.493 e. The third-order valence-corrected chi connectivity index (χ3v) is 4.53. The normalized spacial score (nSPS) is 12.0. The second kappa shape index (κ2) is 6.79. The van der Waals surface area contributed by atoms with Crippen molar-refractivity contribution >= 4 is 33.2 Å². The number of esters is 1. The molecule has 0 N–H and O–H groups in total. The average Bonchev–Trinajstić information content (AvgIpc) is 2.95. The van der Waals surface area contributed by atoms with Gasteiger partial charge in [-0.1, -0.05) is 6.92 Å². The molecule has 2 aromatic rings. The Labute approximate surface area is 132 Å². The van der Waals surface area contributed by atoms with Crippen LogP contribution in [0.25, 0.3) is 10.1 Å². The van der Waals surface area contributed by atoms with Crippen LogP contribution < -0.4 is 9.47 Å². The predicted octanol–water partition coefficient (Wildman–Crippen LogP) is 3.30. The first-order valence-electron chi connectivity index (χ1n) is 6.76. The Balaban J connectivity index is 2.29. The largest absolute Gasteiger partial charge is 0.493 e. The molecular weight excluding hydrogens is 304 g/mol. The van der Waals surface area contributed by atoms with Gasteiger partial charge < -0.3 is 14.2 Å².